The molecule has 7 heteroatoms. The maximum absolute atomic E-state index is 12.8. The van der Waals surface area contributed by atoms with E-state index in [9.17, 15) is 18.0 Å². The van der Waals surface area contributed by atoms with Crippen molar-refractivity contribution in [1.29, 1.82) is 0 Å². The first kappa shape index (κ1) is 15.3. The number of carbonyl (C=O) groups is 1. The van der Waals surface area contributed by atoms with Crippen molar-refractivity contribution in [3.63, 3.8) is 0 Å². The zero-order valence-electron chi connectivity index (χ0n) is 11.2. The van der Waals surface area contributed by atoms with Gasteiger partial charge in [-0.25, -0.2) is 4.79 Å². The van der Waals surface area contributed by atoms with Gasteiger partial charge in [-0.3, -0.25) is 4.99 Å². The number of benzene rings is 1. The molecule has 1 aromatic carbocycles. The summed E-state index contributed by atoms with van der Waals surface area (Å²) < 4.78 is 38.4. The van der Waals surface area contributed by atoms with Gasteiger partial charge in [0.1, 0.15) is 5.84 Å². The van der Waals surface area contributed by atoms with Gasteiger partial charge < -0.3 is 10.4 Å². The summed E-state index contributed by atoms with van der Waals surface area (Å²) in [6.45, 7) is 0.632. The normalized spacial score (nSPS) is 16.0. The maximum atomic E-state index is 12.8. The first-order valence-corrected chi connectivity index (χ1v) is 6.62. The van der Waals surface area contributed by atoms with Crippen LogP contribution in [0.3, 0.4) is 0 Å². The van der Waals surface area contributed by atoms with Crippen LogP contribution >= 0.6 is 0 Å². The van der Waals surface area contributed by atoms with E-state index in [1.165, 1.54) is 6.07 Å². The van der Waals surface area contributed by atoms with Crippen LogP contribution in [-0.4, -0.2) is 23.5 Å². The molecule has 114 valence electrons. The molecule has 0 saturated heterocycles. The highest BCUT2D eigenvalue weighted by molar-refractivity contribution is 5.97. The van der Waals surface area contributed by atoms with Crippen LogP contribution in [0.25, 0.3) is 0 Å². The van der Waals surface area contributed by atoms with Gasteiger partial charge in [0.2, 0.25) is 0 Å². The number of nitrogens with one attached hydrogen (secondary N) is 1. The number of nitrogens with zero attached hydrogens (tertiary/aromatic N) is 1. The smallest absolute Gasteiger partial charge is 0.416 e. The molecular formula is C14H15F3N2O2. The highest BCUT2D eigenvalue weighted by Crippen LogP contribution is 2.32. The number of carboxylic acid groups (broad SMARTS) is 1. The van der Waals surface area contributed by atoms with Crippen molar-refractivity contribution in [2.24, 2.45) is 4.99 Å². The monoisotopic (exact) mass is 300 g/mol. The summed E-state index contributed by atoms with van der Waals surface area (Å²) >= 11 is 0. The summed E-state index contributed by atoms with van der Waals surface area (Å²) in [6, 6.07) is 2.72. The third kappa shape index (κ3) is 4.21. The van der Waals surface area contributed by atoms with Crippen molar-refractivity contribution in [1.82, 2.24) is 0 Å². The van der Waals surface area contributed by atoms with Crippen molar-refractivity contribution in [3.05, 3.63) is 29.3 Å². The fourth-order valence-corrected chi connectivity index (χ4v) is 2.13. The van der Waals surface area contributed by atoms with Gasteiger partial charge in [0.25, 0.3) is 0 Å². The zero-order chi connectivity index (χ0) is 15.5. The Morgan fingerprint density at radius 2 is 1.95 bits per heavy atom. The number of halogens is 3. The number of carboxylic acids is 1. The number of hydrogen-bond donors (Lipinski definition) is 2. The molecule has 0 spiro atoms. The minimum atomic E-state index is -4.59. The summed E-state index contributed by atoms with van der Waals surface area (Å²) in [5, 5.41) is 11.7. The standard InChI is InChI=1S/C14H15F3N2O2/c15-14(16,17)10-6-9(13(20)21)7-11(8-10)19-12-4-2-1-3-5-18-12/h6-8H,1-5H2,(H,18,19)(H,20,21). The van der Waals surface area contributed by atoms with E-state index in [2.05, 4.69) is 10.3 Å². The first-order valence-electron chi connectivity index (χ1n) is 6.62. The van der Waals surface area contributed by atoms with Crippen LogP contribution in [0, 0.1) is 0 Å². The van der Waals surface area contributed by atoms with Crippen molar-refractivity contribution in [2.75, 3.05) is 11.9 Å². The van der Waals surface area contributed by atoms with Gasteiger partial charge >= 0.3 is 12.1 Å². The Bertz CT molecular complexity index is 568. The lowest BCUT2D eigenvalue weighted by molar-refractivity contribution is -0.137. The molecule has 0 amide bonds. The molecule has 1 aromatic rings. The second-order valence-corrected chi connectivity index (χ2v) is 4.87. The minimum Gasteiger partial charge on any atom is -0.478 e. The van der Waals surface area contributed by atoms with E-state index in [0.717, 1.165) is 25.3 Å². The van der Waals surface area contributed by atoms with E-state index < -0.39 is 23.3 Å². The molecule has 0 unspecified atom stereocenters. The van der Waals surface area contributed by atoms with Crippen molar-refractivity contribution < 1.29 is 23.1 Å². The Hall–Kier alpha value is -2.05. The topological polar surface area (TPSA) is 61.7 Å². The predicted molar refractivity (Wildman–Crippen MR) is 72.8 cm³/mol. The Labute approximate surface area is 119 Å². The summed E-state index contributed by atoms with van der Waals surface area (Å²) in [6.07, 6.45) is -1.05. The van der Waals surface area contributed by atoms with Crippen LogP contribution < -0.4 is 5.32 Å². The van der Waals surface area contributed by atoms with E-state index in [0.29, 0.717) is 24.9 Å². The van der Waals surface area contributed by atoms with Gasteiger partial charge in [-0.2, -0.15) is 13.2 Å². The molecule has 0 atom stereocenters. The molecular weight excluding hydrogens is 285 g/mol. The SMILES string of the molecule is O=C(O)c1cc(NC2=NCCCCC2)cc(C(F)(F)F)c1. The zero-order valence-corrected chi connectivity index (χ0v) is 11.2. The van der Waals surface area contributed by atoms with Gasteiger partial charge in [0.05, 0.1) is 11.1 Å². The number of amidine groups is 1. The first-order chi connectivity index (χ1) is 9.86. The van der Waals surface area contributed by atoms with Crippen molar-refractivity contribution in [3.8, 4) is 0 Å². The van der Waals surface area contributed by atoms with Gasteiger partial charge in [-0.05, 0) is 31.0 Å². The molecule has 0 aromatic heterocycles. The number of hydrogen-bond acceptors (Lipinski definition) is 3. The predicted octanol–water partition coefficient (Wildman–Crippen LogP) is 3.79. The van der Waals surface area contributed by atoms with Crippen LogP contribution in [0.5, 0.6) is 0 Å². The van der Waals surface area contributed by atoms with E-state index >= 15 is 0 Å². The van der Waals surface area contributed by atoms with Crippen molar-refractivity contribution in [2.45, 2.75) is 31.9 Å². The second kappa shape index (κ2) is 6.15. The third-order valence-corrected chi connectivity index (χ3v) is 3.17. The molecule has 0 bridgehead atoms. The summed E-state index contributed by atoms with van der Waals surface area (Å²) in [5.74, 6) is -0.796. The number of alkyl halides is 3. The Balaban J connectivity index is 2.31. The van der Waals surface area contributed by atoms with Crippen LogP contribution in [0.4, 0.5) is 18.9 Å². The third-order valence-electron chi connectivity index (χ3n) is 3.17. The highest BCUT2D eigenvalue weighted by atomic mass is 19.4. The van der Waals surface area contributed by atoms with Crippen LogP contribution in [0.15, 0.2) is 23.2 Å². The fraction of sp³-hybridized carbons (Fsp3) is 0.429. The second-order valence-electron chi connectivity index (χ2n) is 4.87. The molecule has 1 heterocycles. The fourth-order valence-electron chi connectivity index (χ4n) is 2.13. The number of aliphatic imine (C=N–C) groups is 1. The average molecular weight is 300 g/mol. The van der Waals surface area contributed by atoms with Crippen LogP contribution in [0.1, 0.15) is 41.6 Å². The highest BCUT2D eigenvalue weighted by Gasteiger charge is 2.32. The molecule has 0 radical (unpaired) electrons. The molecule has 1 aliphatic rings. The number of rotatable bonds is 2. The average Bonchev–Trinajstić information content (AvgIpc) is 2.66. The molecule has 4 nitrogen and oxygen atoms in total. The molecule has 2 rings (SSSR count). The quantitative estimate of drug-likeness (QED) is 0.873. The van der Waals surface area contributed by atoms with Gasteiger partial charge in [-0.15, -0.1) is 0 Å². The minimum absolute atomic E-state index is 0.0999. The van der Waals surface area contributed by atoms with E-state index in [1.807, 2.05) is 0 Å². The van der Waals surface area contributed by atoms with Gasteiger partial charge in [0.15, 0.2) is 0 Å². The molecule has 0 fully saturated rings. The van der Waals surface area contributed by atoms with E-state index in [-0.39, 0.29) is 5.69 Å². The summed E-state index contributed by atoms with van der Waals surface area (Å²) in [4.78, 5) is 15.2. The molecule has 0 aliphatic carbocycles. The van der Waals surface area contributed by atoms with Gasteiger partial charge in [0, 0.05) is 18.7 Å². The van der Waals surface area contributed by atoms with Crippen molar-refractivity contribution >= 4 is 17.5 Å². The lowest BCUT2D eigenvalue weighted by Crippen LogP contribution is -2.14. The van der Waals surface area contributed by atoms with Crippen LogP contribution in [0.2, 0.25) is 0 Å². The molecule has 2 N–H and O–H groups in total. The van der Waals surface area contributed by atoms with Crippen LogP contribution in [-0.2, 0) is 6.18 Å². The van der Waals surface area contributed by atoms with E-state index in [1.54, 1.807) is 0 Å². The lowest BCUT2D eigenvalue weighted by atomic mass is 10.1. The lowest BCUT2D eigenvalue weighted by Gasteiger charge is -2.13. The maximum Gasteiger partial charge on any atom is 0.416 e. The largest absolute Gasteiger partial charge is 0.478 e. The Kier molecular flexibility index (Phi) is 4.50. The molecule has 21 heavy (non-hydrogen) atoms. The Morgan fingerprint density at radius 3 is 2.62 bits per heavy atom. The van der Waals surface area contributed by atoms with Gasteiger partial charge in [-0.1, -0.05) is 6.42 Å². The van der Waals surface area contributed by atoms with E-state index in [4.69, 9.17) is 5.11 Å². The summed E-state index contributed by atoms with van der Waals surface area (Å²) in [7, 11) is 0. The molecule has 0 saturated carbocycles. The Morgan fingerprint density at radius 1 is 1.19 bits per heavy atom. The number of aromatic carboxylic acids is 1. The summed E-state index contributed by atoms with van der Waals surface area (Å²) in [5.41, 5.74) is -1.29. The number of anilines is 1. The molecule has 1 aliphatic heterocycles.